The summed E-state index contributed by atoms with van der Waals surface area (Å²) in [5.41, 5.74) is 2.51. The molecule has 0 saturated carbocycles. The summed E-state index contributed by atoms with van der Waals surface area (Å²) >= 11 is 6.10. The van der Waals surface area contributed by atoms with E-state index in [0.717, 1.165) is 0 Å². The highest BCUT2D eigenvalue weighted by molar-refractivity contribution is 6.33. The Morgan fingerprint density at radius 3 is 2.52 bits per heavy atom. The van der Waals surface area contributed by atoms with Crippen LogP contribution in [0.2, 0.25) is 5.02 Å². The highest BCUT2D eigenvalue weighted by Crippen LogP contribution is 2.28. The van der Waals surface area contributed by atoms with Gasteiger partial charge in [0.1, 0.15) is 5.52 Å². The Morgan fingerprint density at radius 1 is 1.03 bits per heavy atom. The van der Waals surface area contributed by atoms with Gasteiger partial charge in [-0.05, 0) is 42.8 Å². The lowest BCUT2D eigenvalue weighted by atomic mass is 10.1. The fourth-order valence-corrected chi connectivity index (χ4v) is 3.31. The van der Waals surface area contributed by atoms with Crippen molar-refractivity contribution in [2.75, 3.05) is 5.32 Å². The average Bonchev–Trinajstić information content (AvgIpc) is 3.23. The zero-order chi connectivity index (χ0) is 21.8. The van der Waals surface area contributed by atoms with Gasteiger partial charge in [0.2, 0.25) is 5.89 Å². The Labute approximate surface area is 183 Å². The van der Waals surface area contributed by atoms with Crippen molar-refractivity contribution in [2.24, 2.45) is 0 Å². The molecule has 0 radical (unpaired) electrons. The number of anilines is 1. The highest BCUT2D eigenvalue weighted by atomic mass is 35.5. The van der Waals surface area contributed by atoms with E-state index in [1.807, 2.05) is 18.2 Å². The van der Waals surface area contributed by atoms with Gasteiger partial charge in [0, 0.05) is 0 Å². The van der Waals surface area contributed by atoms with E-state index in [0.29, 0.717) is 39.7 Å². The number of hydrogen-bond acceptors (Lipinski definition) is 5. The number of carbonyl (C=O) groups excluding carboxylic acids is 2. The van der Waals surface area contributed by atoms with E-state index in [-0.39, 0.29) is 5.56 Å². The minimum absolute atomic E-state index is 0.262. The van der Waals surface area contributed by atoms with Crippen molar-refractivity contribution >= 4 is 40.3 Å². The second-order valence-corrected chi connectivity index (χ2v) is 7.21. The van der Waals surface area contributed by atoms with Crippen LogP contribution in [0, 0.1) is 0 Å². The zero-order valence-electron chi connectivity index (χ0n) is 16.7. The number of carbonyl (C=O) groups is 2. The maximum atomic E-state index is 12.9. The topological polar surface area (TPSA) is 81.4 Å². The van der Waals surface area contributed by atoms with Gasteiger partial charge in [0.05, 0.1) is 21.8 Å². The SMILES string of the molecule is CCC(OC(=O)c1ccccc1-c1nc2ccccc2o1)C(=O)Nc1ccccc1Cl. The van der Waals surface area contributed by atoms with Gasteiger partial charge in [0.15, 0.2) is 11.7 Å². The summed E-state index contributed by atoms with van der Waals surface area (Å²) in [5, 5.41) is 3.10. The fourth-order valence-electron chi connectivity index (χ4n) is 3.13. The second kappa shape index (κ2) is 9.02. The van der Waals surface area contributed by atoms with Crippen molar-refractivity contribution in [1.82, 2.24) is 4.98 Å². The molecule has 31 heavy (non-hydrogen) atoms. The molecule has 3 aromatic carbocycles. The molecule has 0 saturated heterocycles. The van der Waals surface area contributed by atoms with Crippen molar-refractivity contribution in [3.8, 4) is 11.5 Å². The van der Waals surface area contributed by atoms with Crippen LogP contribution in [0.4, 0.5) is 5.69 Å². The molecule has 156 valence electrons. The van der Waals surface area contributed by atoms with E-state index in [1.54, 1.807) is 61.5 Å². The van der Waals surface area contributed by atoms with Gasteiger partial charge in [-0.2, -0.15) is 0 Å². The minimum atomic E-state index is -0.986. The Morgan fingerprint density at radius 2 is 1.74 bits per heavy atom. The number of benzene rings is 3. The predicted octanol–water partition coefficient (Wildman–Crippen LogP) is 5.72. The molecule has 1 N–H and O–H groups in total. The van der Waals surface area contributed by atoms with Gasteiger partial charge in [-0.25, -0.2) is 9.78 Å². The third-order valence-electron chi connectivity index (χ3n) is 4.72. The van der Waals surface area contributed by atoms with E-state index >= 15 is 0 Å². The number of ether oxygens (including phenoxy) is 1. The minimum Gasteiger partial charge on any atom is -0.449 e. The molecule has 0 aliphatic carbocycles. The first-order valence-electron chi connectivity index (χ1n) is 9.78. The number of nitrogens with one attached hydrogen (secondary N) is 1. The molecule has 7 heteroatoms. The van der Waals surface area contributed by atoms with E-state index < -0.39 is 18.0 Å². The van der Waals surface area contributed by atoms with Gasteiger partial charge < -0.3 is 14.5 Å². The molecule has 1 unspecified atom stereocenters. The number of amides is 1. The summed E-state index contributed by atoms with van der Waals surface area (Å²) in [7, 11) is 0. The lowest BCUT2D eigenvalue weighted by Crippen LogP contribution is -2.32. The molecule has 0 bridgehead atoms. The van der Waals surface area contributed by atoms with Gasteiger partial charge >= 0.3 is 5.97 Å². The normalized spacial score (nSPS) is 11.8. The maximum Gasteiger partial charge on any atom is 0.339 e. The highest BCUT2D eigenvalue weighted by Gasteiger charge is 2.25. The summed E-state index contributed by atoms with van der Waals surface area (Å²) < 4.78 is 11.3. The number of nitrogens with zero attached hydrogens (tertiary/aromatic N) is 1. The molecule has 6 nitrogen and oxygen atoms in total. The van der Waals surface area contributed by atoms with Gasteiger partial charge in [-0.15, -0.1) is 0 Å². The lowest BCUT2D eigenvalue weighted by molar-refractivity contribution is -0.124. The lowest BCUT2D eigenvalue weighted by Gasteiger charge is -2.17. The summed E-state index contributed by atoms with van der Waals surface area (Å²) in [6.07, 6.45) is -0.687. The van der Waals surface area contributed by atoms with Crippen molar-refractivity contribution in [1.29, 1.82) is 0 Å². The molecule has 0 spiro atoms. The predicted molar refractivity (Wildman–Crippen MR) is 119 cm³/mol. The summed E-state index contributed by atoms with van der Waals surface area (Å²) in [6.45, 7) is 1.76. The van der Waals surface area contributed by atoms with Gasteiger partial charge in [0.25, 0.3) is 5.91 Å². The molecular formula is C24H19ClN2O4. The van der Waals surface area contributed by atoms with Crippen LogP contribution in [0.25, 0.3) is 22.6 Å². The first-order chi connectivity index (χ1) is 15.1. The largest absolute Gasteiger partial charge is 0.449 e. The zero-order valence-corrected chi connectivity index (χ0v) is 17.4. The fraction of sp³-hybridized carbons (Fsp3) is 0.125. The van der Waals surface area contributed by atoms with Crippen LogP contribution in [0.5, 0.6) is 0 Å². The van der Waals surface area contributed by atoms with E-state index in [9.17, 15) is 9.59 Å². The molecule has 0 aliphatic rings. The average molecular weight is 435 g/mol. The van der Waals surface area contributed by atoms with Crippen LogP contribution < -0.4 is 5.32 Å². The smallest absolute Gasteiger partial charge is 0.339 e. The Kier molecular flexibility index (Phi) is 6.00. The number of aromatic nitrogens is 1. The van der Waals surface area contributed by atoms with Crippen LogP contribution in [0.15, 0.2) is 77.2 Å². The number of fused-ring (bicyclic) bond motifs is 1. The molecule has 1 heterocycles. The van der Waals surface area contributed by atoms with Gasteiger partial charge in [-0.1, -0.05) is 54.9 Å². The molecule has 0 fully saturated rings. The molecule has 0 aliphatic heterocycles. The van der Waals surface area contributed by atoms with Crippen molar-refractivity contribution in [2.45, 2.75) is 19.4 Å². The maximum absolute atomic E-state index is 12.9. The Balaban J connectivity index is 1.56. The van der Waals surface area contributed by atoms with Crippen LogP contribution in [0.3, 0.4) is 0 Å². The standard InChI is InChI=1S/C24H19ClN2O4/c1-2-20(22(28)26-18-12-6-5-11-17(18)25)31-24(29)16-10-4-3-9-15(16)23-27-19-13-7-8-14-21(19)30-23/h3-14,20H,2H2,1H3,(H,26,28). The number of para-hydroxylation sites is 3. The number of hydrogen-bond donors (Lipinski definition) is 1. The molecule has 1 atom stereocenters. The van der Waals surface area contributed by atoms with Gasteiger partial charge in [-0.3, -0.25) is 4.79 Å². The third kappa shape index (κ3) is 4.44. The Hall–Kier alpha value is -3.64. The van der Waals surface area contributed by atoms with Crippen molar-refractivity contribution < 1.29 is 18.7 Å². The van der Waals surface area contributed by atoms with E-state index in [4.69, 9.17) is 20.8 Å². The number of rotatable bonds is 6. The molecule has 4 aromatic rings. The molecular weight excluding hydrogens is 416 g/mol. The van der Waals surface area contributed by atoms with Crippen LogP contribution in [-0.2, 0) is 9.53 Å². The number of oxazole rings is 1. The van der Waals surface area contributed by atoms with Crippen LogP contribution in [-0.4, -0.2) is 23.0 Å². The Bertz CT molecular complexity index is 1220. The molecule has 1 aromatic heterocycles. The summed E-state index contributed by atoms with van der Waals surface area (Å²) in [6, 6.07) is 21.0. The monoisotopic (exact) mass is 434 g/mol. The number of halogens is 1. The van der Waals surface area contributed by atoms with Crippen molar-refractivity contribution in [3.05, 3.63) is 83.4 Å². The number of esters is 1. The molecule has 4 rings (SSSR count). The van der Waals surface area contributed by atoms with E-state index in [1.165, 1.54) is 0 Å². The summed E-state index contributed by atoms with van der Waals surface area (Å²) in [4.78, 5) is 30.1. The summed E-state index contributed by atoms with van der Waals surface area (Å²) in [5.74, 6) is -0.787. The van der Waals surface area contributed by atoms with Crippen LogP contribution >= 0.6 is 11.6 Å². The van der Waals surface area contributed by atoms with Crippen molar-refractivity contribution in [3.63, 3.8) is 0 Å². The first kappa shape index (κ1) is 20.6. The molecule has 1 amide bonds. The quantitative estimate of drug-likeness (QED) is 0.392. The van der Waals surface area contributed by atoms with E-state index in [2.05, 4.69) is 10.3 Å². The van der Waals surface area contributed by atoms with Crippen LogP contribution in [0.1, 0.15) is 23.7 Å². The first-order valence-corrected chi connectivity index (χ1v) is 10.2. The third-order valence-corrected chi connectivity index (χ3v) is 5.05. The second-order valence-electron chi connectivity index (χ2n) is 6.80.